The Morgan fingerprint density at radius 2 is 1.59 bits per heavy atom. The number of anilines is 1. The van der Waals surface area contributed by atoms with Crippen LogP contribution in [-0.2, 0) is 11.3 Å². The van der Waals surface area contributed by atoms with E-state index >= 15 is 0 Å². The molecule has 34 heavy (non-hydrogen) atoms. The summed E-state index contributed by atoms with van der Waals surface area (Å²) in [5.41, 5.74) is 4.18. The summed E-state index contributed by atoms with van der Waals surface area (Å²) < 4.78 is 1.81. The second-order valence-corrected chi connectivity index (χ2v) is 8.23. The molecule has 6 nitrogen and oxygen atoms in total. The summed E-state index contributed by atoms with van der Waals surface area (Å²) in [6.45, 7) is 2.49. The molecule has 0 bridgehead atoms. The van der Waals surface area contributed by atoms with E-state index in [0.717, 1.165) is 38.5 Å². The summed E-state index contributed by atoms with van der Waals surface area (Å²) in [4.78, 5) is 12.3. The topological polar surface area (TPSA) is 79.0 Å². The number of nitrogens with one attached hydrogen (secondary N) is 1. The van der Waals surface area contributed by atoms with Gasteiger partial charge < -0.3 is 15.0 Å². The fourth-order valence-electron chi connectivity index (χ4n) is 4.12. The van der Waals surface area contributed by atoms with Gasteiger partial charge in [-0.05, 0) is 41.5 Å². The van der Waals surface area contributed by atoms with Gasteiger partial charge in [-0.3, -0.25) is 4.79 Å². The van der Waals surface area contributed by atoms with Crippen molar-refractivity contribution in [2.45, 2.75) is 13.5 Å². The number of para-hydroxylation sites is 1. The van der Waals surface area contributed by atoms with Gasteiger partial charge in [-0.1, -0.05) is 78.4 Å². The van der Waals surface area contributed by atoms with Crippen molar-refractivity contribution in [1.82, 2.24) is 4.57 Å². The molecule has 6 heteroatoms. The lowest BCUT2D eigenvalue weighted by Gasteiger charge is -2.10. The number of nitrogens with zero attached hydrogens (tertiary/aromatic N) is 3. The van der Waals surface area contributed by atoms with E-state index in [4.69, 9.17) is 0 Å². The number of aryl methyl sites for hydroxylation is 1. The highest BCUT2D eigenvalue weighted by Gasteiger charge is 2.17. The quantitative estimate of drug-likeness (QED) is 0.288. The molecule has 1 heterocycles. The van der Waals surface area contributed by atoms with Gasteiger partial charge in [0.1, 0.15) is 0 Å². The maximum absolute atomic E-state index is 12.3. The molecule has 1 aromatic heterocycles. The lowest BCUT2D eigenvalue weighted by molar-refractivity contribution is -0.116. The zero-order valence-electron chi connectivity index (χ0n) is 18.8. The van der Waals surface area contributed by atoms with E-state index in [9.17, 15) is 9.90 Å². The molecule has 0 atom stereocenters. The average molecular weight is 449 g/mol. The Labute approximate surface area is 197 Å². The molecule has 1 amide bonds. The smallest absolute Gasteiger partial charge is 0.283 e. The lowest BCUT2D eigenvalue weighted by atomic mass is 10.0. The average Bonchev–Trinajstić information content (AvgIpc) is 3.13. The SMILES string of the molecule is Cc1ccc(NCC(=O)N=Nc2c(O)n(Cc3cccc4ccccc34)c3ccccc23)cc1. The molecule has 168 valence electrons. The second kappa shape index (κ2) is 9.19. The molecule has 4 aromatic carbocycles. The van der Waals surface area contributed by atoms with E-state index < -0.39 is 5.91 Å². The fourth-order valence-corrected chi connectivity index (χ4v) is 4.12. The van der Waals surface area contributed by atoms with Gasteiger partial charge in [0.15, 0.2) is 5.69 Å². The lowest BCUT2D eigenvalue weighted by Crippen LogP contribution is -2.10. The first-order valence-corrected chi connectivity index (χ1v) is 11.1. The van der Waals surface area contributed by atoms with Gasteiger partial charge in [0, 0.05) is 11.1 Å². The van der Waals surface area contributed by atoms with Gasteiger partial charge in [-0.25, -0.2) is 0 Å². The molecule has 0 aliphatic rings. The third kappa shape index (κ3) is 4.26. The number of amides is 1. The highest BCUT2D eigenvalue weighted by atomic mass is 16.3. The molecule has 5 aromatic rings. The van der Waals surface area contributed by atoms with Crippen LogP contribution >= 0.6 is 0 Å². The number of aromatic nitrogens is 1. The Kier molecular flexibility index (Phi) is 5.79. The van der Waals surface area contributed by atoms with Crippen LogP contribution in [0.25, 0.3) is 21.7 Å². The number of carbonyl (C=O) groups is 1. The summed E-state index contributed by atoms with van der Waals surface area (Å²) in [5.74, 6) is -0.442. The van der Waals surface area contributed by atoms with E-state index in [-0.39, 0.29) is 12.4 Å². The molecule has 2 N–H and O–H groups in total. The summed E-state index contributed by atoms with van der Waals surface area (Å²) in [7, 11) is 0. The summed E-state index contributed by atoms with van der Waals surface area (Å²) in [6.07, 6.45) is 0. The molecular formula is C28H24N4O2. The number of benzene rings is 4. The van der Waals surface area contributed by atoms with Crippen molar-refractivity contribution in [2.24, 2.45) is 10.2 Å². The van der Waals surface area contributed by atoms with Crippen molar-refractivity contribution in [3.05, 3.63) is 102 Å². The van der Waals surface area contributed by atoms with Gasteiger partial charge >= 0.3 is 0 Å². The summed E-state index contributed by atoms with van der Waals surface area (Å²) in [5, 5.41) is 25.1. The fraction of sp³-hybridized carbons (Fsp3) is 0.107. The first kappa shape index (κ1) is 21.4. The number of fused-ring (bicyclic) bond motifs is 2. The zero-order chi connectivity index (χ0) is 23.5. The number of rotatable bonds is 6. The van der Waals surface area contributed by atoms with Gasteiger partial charge in [0.25, 0.3) is 5.91 Å². The van der Waals surface area contributed by atoms with Crippen LogP contribution in [-0.4, -0.2) is 22.1 Å². The van der Waals surface area contributed by atoms with Gasteiger partial charge in [0.05, 0.1) is 18.6 Å². The maximum atomic E-state index is 12.3. The van der Waals surface area contributed by atoms with E-state index in [2.05, 4.69) is 39.8 Å². The Morgan fingerprint density at radius 3 is 2.41 bits per heavy atom. The first-order valence-electron chi connectivity index (χ1n) is 11.1. The van der Waals surface area contributed by atoms with Crippen LogP contribution < -0.4 is 5.32 Å². The highest BCUT2D eigenvalue weighted by molar-refractivity contribution is 5.96. The third-order valence-corrected chi connectivity index (χ3v) is 5.88. The normalized spacial score (nSPS) is 11.4. The van der Waals surface area contributed by atoms with Crippen molar-refractivity contribution in [3.63, 3.8) is 0 Å². The molecule has 0 aliphatic carbocycles. The van der Waals surface area contributed by atoms with Crippen LogP contribution in [0.3, 0.4) is 0 Å². The highest BCUT2D eigenvalue weighted by Crippen LogP contribution is 2.39. The Morgan fingerprint density at radius 1 is 0.882 bits per heavy atom. The molecule has 0 spiro atoms. The van der Waals surface area contributed by atoms with Gasteiger partial charge in [-0.2, -0.15) is 0 Å². The van der Waals surface area contributed by atoms with E-state index in [1.807, 2.05) is 73.7 Å². The second-order valence-electron chi connectivity index (χ2n) is 8.23. The Bertz CT molecular complexity index is 1510. The van der Waals surface area contributed by atoms with Crippen LogP contribution in [0, 0.1) is 6.92 Å². The van der Waals surface area contributed by atoms with Gasteiger partial charge in [-0.15, -0.1) is 10.2 Å². The predicted molar refractivity (Wildman–Crippen MR) is 136 cm³/mol. The van der Waals surface area contributed by atoms with Crippen molar-refractivity contribution in [2.75, 3.05) is 11.9 Å². The third-order valence-electron chi connectivity index (χ3n) is 5.88. The monoisotopic (exact) mass is 448 g/mol. The maximum Gasteiger partial charge on any atom is 0.283 e. The largest absolute Gasteiger partial charge is 0.493 e. The number of hydrogen-bond acceptors (Lipinski definition) is 4. The number of carbonyl (C=O) groups excluding carboxylic acids is 1. The van der Waals surface area contributed by atoms with E-state index in [0.29, 0.717) is 12.2 Å². The van der Waals surface area contributed by atoms with E-state index in [1.165, 1.54) is 0 Å². The molecule has 0 radical (unpaired) electrons. The van der Waals surface area contributed by atoms with Crippen LogP contribution in [0.1, 0.15) is 11.1 Å². The minimum atomic E-state index is -0.425. The van der Waals surface area contributed by atoms with Crippen molar-refractivity contribution >= 4 is 39.0 Å². The van der Waals surface area contributed by atoms with Crippen molar-refractivity contribution in [3.8, 4) is 5.88 Å². The molecule has 5 rings (SSSR count). The summed E-state index contributed by atoms with van der Waals surface area (Å²) in [6, 6.07) is 29.7. The minimum absolute atomic E-state index is 0.0158. The van der Waals surface area contributed by atoms with E-state index in [1.54, 1.807) is 4.57 Å². The Hall–Kier alpha value is -4.45. The van der Waals surface area contributed by atoms with Crippen LogP contribution in [0.2, 0.25) is 0 Å². The van der Waals surface area contributed by atoms with Crippen LogP contribution in [0.15, 0.2) is 101 Å². The molecule has 0 fully saturated rings. The molecule has 0 saturated heterocycles. The molecule has 0 saturated carbocycles. The first-order chi connectivity index (χ1) is 16.6. The van der Waals surface area contributed by atoms with Crippen molar-refractivity contribution in [1.29, 1.82) is 0 Å². The van der Waals surface area contributed by atoms with Crippen LogP contribution in [0.4, 0.5) is 11.4 Å². The number of azo groups is 1. The van der Waals surface area contributed by atoms with Crippen LogP contribution in [0.5, 0.6) is 5.88 Å². The predicted octanol–water partition coefficient (Wildman–Crippen LogP) is 6.58. The minimum Gasteiger partial charge on any atom is -0.493 e. The molecule has 0 aliphatic heterocycles. The standard InChI is InChI=1S/C28H24N4O2/c1-19-13-15-22(16-14-19)29-17-26(33)30-31-27-24-11-4-5-12-25(24)32(28(27)34)18-21-9-6-8-20-7-2-3-10-23(20)21/h2-16,29,34H,17-18H2,1H3. The Balaban J connectivity index is 1.43. The number of aromatic hydroxyl groups is 1. The molecular weight excluding hydrogens is 424 g/mol. The van der Waals surface area contributed by atoms with Gasteiger partial charge in [0.2, 0.25) is 5.88 Å². The molecule has 0 unspecified atom stereocenters. The van der Waals surface area contributed by atoms with Crippen molar-refractivity contribution < 1.29 is 9.90 Å². The summed E-state index contributed by atoms with van der Waals surface area (Å²) >= 11 is 0. The number of hydrogen-bond donors (Lipinski definition) is 2. The zero-order valence-corrected chi connectivity index (χ0v) is 18.8.